The zero-order valence-electron chi connectivity index (χ0n) is 10.6. The smallest absolute Gasteiger partial charge is 0.0771 e. The third kappa shape index (κ3) is 2.30. The number of hydrogen-bond acceptors (Lipinski definition) is 2. The molecule has 1 atom stereocenters. The Hall–Kier alpha value is -2.34. The summed E-state index contributed by atoms with van der Waals surface area (Å²) in [5, 5.41) is 10.6. The van der Waals surface area contributed by atoms with Gasteiger partial charge >= 0.3 is 0 Å². The molecular formula is C16H15N3. The highest BCUT2D eigenvalue weighted by atomic mass is 14.7. The Balaban J connectivity index is 1.92. The van der Waals surface area contributed by atoms with Gasteiger partial charge in [-0.25, -0.2) is 0 Å². The minimum absolute atomic E-state index is 0.101. The average Bonchev–Trinajstić information content (AvgIpc) is 2.90. The Morgan fingerprint density at radius 3 is 3.05 bits per heavy atom. The molecule has 0 bridgehead atoms. The van der Waals surface area contributed by atoms with Gasteiger partial charge in [-0.05, 0) is 36.5 Å². The Morgan fingerprint density at radius 1 is 1.37 bits per heavy atom. The van der Waals surface area contributed by atoms with Gasteiger partial charge in [-0.15, -0.1) is 0 Å². The van der Waals surface area contributed by atoms with E-state index in [1.807, 2.05) is 36.8 Å². The maximum absolute atomic E-state index is 9.46. The van der Waals surface area contributed by atoms with Crippen molar-refractivity contribution in [2.24, 2.45) is 4.99 Å². The zero-order chi connectivity index (χ0) is 13.1. The van der Waals surface area contributed by atoms with Crippen molar-refractivity contribution in [1.29, 1.82) is 5.26 Å². The van der Waals surface area contributed by atoms with Crippen LogP contribution in [0.2, 0.25) is 0 Å². The van der Waals surface area contributed by atoms with Crippen LogP contribution in [-0.2, 0) is 0 Å². The molecule has 2 heterocycles. The second-order valence-electron chi connectivity index (χ2n) is 4.83. The molecule has 1 aliphatic heterocycles. The monoisotopic (exact) mass is 249 g/mol. The Kier molecular flexibility index (Phi) is 3.16. The Bertz CT molecular complexity index is 685. The number of para-hydroxylation sites is 1. The van der Waals surface area contributed by atoms with Crippen LogP contribution in [0.1, 0.15) is 30.7 Å². The van der Waals surface area contributed by atoms with Crippen LogP contribution in [-0.4, -0.2) is 11.2 Å². The number of rotatable bonds is 3. The summed E-state index contributed by atoms with van der Waals surface area (Å²) in [5.74, 6) is -0.101. The Morgan fingerprint density at radius 2 is 2.26 bits per heavy atom. The summed E-state index contributed by atoms with van der Waals surface area (Å²) in [6.07, 6.45) is 8.57. The molecule has 1 aromatic heterocycles. The SMILES string of the molecule is N#CC(CC1=CN=CCC1)c1c[nH]c2ccccc12. The van der Waals surface area contributed by atoms with Gasteiger partial charge in [-0.1, -0.05) is 18.2 Å². The minimum Gasteiger partial charge on any atom is -0.361 e. The number of benzene rings is 1. The van der Waals surface area contributed by atoms with Crippen LogP contribution in [0.5, 0.6) is 0 Å². The molecule has 3 rings (SSSR count). The van der Waals surface area contributed by atoms with Crippen molar-refractivity contribution in [3.8, 4) is 6.07 Å². The van der Waals surface area contributed by atoms with E-state index in [1.54, 1.807) is 0 Å². The van der Waals surface area contributed by atoms with E-state index >= 15 is 0 Å². The lowest BCUT2D eigenvalue weighted by Crippen LogP contribution is -1.99. The van der Waals surface area contributed by atoms with Crippen LogP contribution in [0.4, 0.5) is 0 Å². The van der Waals surface area contributed by atoms with Crippen molar-refractivity contribution in [2.75, 3.05) is 0 Å². The van der Waals surface area contributed by atoms with Gasteiger partial charge in [0.25, 0.3) is 0 Å². The first-order valence-electron chi connectivity index (χ1n) is 6.53. The van der Waals surface area contributed by atoms with E-state index in [0.717, 1.165) is 35.7 Å². The number of allylic oxidation sites excluding steroid dienone is 1. The fourth-order valence-corrected chi connectivity index (χ4v) is 2.57. The number of nitrogens with zero attached hydrogens (tertiary/aromatic N) is 2. The molecule has 1 N–H and O–H groups in total. The molecule has 0 saturated carbocycles. The average molecular weight is 249 g/mol. The van der Waals surface area contributed by atoms with E-state index in [-0.39, 0.29) is 5.92 Å². The zero-order valence-corrected chi connectivity index (χ0v) is 10.6. The minimum atomic E-state index is -0.101. The third-order valence-electron chi connectivity index (χ3n) is 3.58. The molecule has 0 amide bonds. The standard InChI is InChI=1S/C16H15N3/c17-9-13(8-12-4-3-7-18-10-12)15-11-19-16-6-2-1-5-14(15)16/h1-2,5-7,10-11,13,19H,3-4,8H2. The number of aromatic nitrogens is 1. The molecule has 2 aromatic rings. The number of nitrogens with one attached hydrogen (secondary N) is 1. The molecule has 0 fully saturated rings. The summed E-state index contributed by atoms with van der Waals surface area (Å²) in [6, 6.07) is 10.6. The summed E-state index contributed by atoms with van der Waals surface area (Å²) < 4.78 is 0. The van der Waals surface area contributed by atoms with Crippen LogP contribution < -0.4 is 0 Å². The summed E-state index contributed by atoms with van der Waals surface area (Å²) >= 11 is 0. The van der Waals surface area contributed by atoms with Crippen LogP contribution in [0.25, 0.3) is 10.9 Å². The second kappa shape index (κ2) is 5.11. The van der Waals surface area contributed by atoms with E-state index in [4.69, 9.17) is 0 Å². The third-order valence-corrected chi connectivity index (χ3v) is 3.58. The number of aromatic amines is 1. The summed E-state index contributed by atoms with van der Waals surface area (Å²) in [4.78, 5) is 7.43. The van der Waals surface area contributed by atoms with E-state index in [1.165, 1.54) is 5.57 Å². The highest BCUT2D eigenvalue weighted by Crippen LogP contribution is 2.31. The first kappa shape index (κ1) is 11.7. The van der Waals surface area contributed by atoms with Gasteiger partial charge in [-0.2, -0.15) is 5.26 Å². The normalized spacial score (nSPS) is 16.1. The molecule has 0 saturated heterocycles. The lowest BCUT2D eigenvalue weighted by Gasteiger charge is -2.12. The van der Waals surface area contributed by atoms with E-state index < -0.39 is 0 Å². The van der Waals surface area contributed by atoms with Gasteiger partial charge in [0.2, 0.25) is 0 Å². The summed E-state index contributed by atoms with van der Waals surface area (Å²) in [6.45, 7) is 0. The van der Waals surface area contributed by atoms with Gasteiger partial charge < -0.3 is 4.98 Å². The predicted molar refractivity (Wildman–Crippen MR) is 77.1 cm³/mol. The molecule has 94 valence electrons. The first-order chi connectivity index (χ1) is 9.38. The van der Waals surface area contributed by atoms with Gasteiger partial charge in [0.05, 0.1) is 12.0 Å². The maximum atomic E-state index is 9.46. The molecule has 1 aromatic carbocycles. The molecule has 0 aliphatic carbocycles. The number of H-pyrrole nitrogens is 1. The van der Waals surface area contributed by atoms with Gasteiger partial charge in [0, 0.05) is 29.5 Å². The molecule has 0 radical (unpaired) electrons. The van der Waals surface area contributed by atoms with Crippen molar-refractivity contribution < 1.29 is 0 Å². The summed E-state index contributed by atoms with van der Waals surface area (Å²) in [7, 11) is 0. The first-order valence-corrected chi connectivity index (χ1v) is 6.53. The van der Waals surface area contributed by atoms with Crippen molar-refractivity contribution in [3.63, 3.8) is 0 Å². The largest absolute Gasteiger partial charge is 0.361 e. The number of fused-ring (bicyclic) bond motifs is 1. The number of nitriles is 1. The topological polar surface area (TPSA) is 51.9 Å². The second-order valence-corrected chi connectivity index (χ2v) is 4.83. The van der Waals surface area contributed by atoms with Crippen molar-refractivity contribution in [2.45, 2.75) is 25.2 Å². The predicted octanol–water partition coefficient (Wildman–Crippen LogP) is 3.91. The fraction of sp³-hybridized carbons (Fsp3) is 0.250. The van der Waals surface area contributed by atoms with Gasteiger partial charge in [0.15, 0.2) is 0 Å². The molecule has 0 spiro atoms. The maximum Gasteiger partial charge on any atom is 0.0771 e. The quantitative estimate of drug-likeness (QED) is 0.880. The number of aliphatic imine (C=N–C) groups is 1. The molecule has 3 heteroatoms. The molecule has 1 aliphatic rings. The molecule has 3 nitrogen and oxygen atoms in total. The molecule has 19 heavy (non-hydrogen) atoms. The van der Waals surface area contributed by atoms with Crippen LogP contribution in [0, 0.1) is 11.3 Å². The summed E-state index contributed by atoms with van der Waals surface area (Å²) in [5.41, 5.74) is 3.45. The van der Waals surface area contributed by atoms with Crippen molar-refractivity contribution in [3.05, 3.63) is 47.8 Å². The highest BCUT2D eigenvalue weighted by molar-refractivity contribution is 5.84. The lowest BCUT2D eigenvalue weighted by molar-refractivity contribution is 0.790. The van der Waals surface area contributed by atoms with E-state index in [0.29, 0.717) is 0 Å². The van der Waals surface area contributed by atoms with Crippen molar-refractivity contribution >= 4 is 17.1 Å². The van der Waals surface area contributed by atoms with Crippen LogP contribution in [0.15, 0.2) is 47.2 Å². The Labute approximate surface area is 112 Å². The molecule has 1 unspecified atom stereocenters. The van der Waals surface area contributed by atoms with Crippen LogP contribution >= 0.6 is 0 Å². The lowest BCUT2D eigenvalue weighted by atomic mass is 9.91. The van der Waals surface area contributed by atoms with Gasteiger partial charge in [-0.3, -0.25) is 4.99 Å². The van der Waals surface area contributed by atoms with Crippen LogP contribution in [0.3, 0.4) is 0 Å². The van der Waals surface area contributed by atoms with Crippen molar-refractivity contribution in [1.82, 2.24) is 4.98 Å². The number of hydrogen-bond donors (Lipinski definition) is 1. The molecular weight excluding hydrogens is 234 g/mol. The fourth-order valence-electron chi connectivity index (χ4n) is 2.57. The van der Waals surface area contributed by atoms with E-state index in [9.17, 15) is 5.26 Å². The highest BCUT2D eigenvalue weighted by Gasteiger charge is 2.17. The van der Waals surface area contributed by atoms with Gasteiger partial charge in [0.1, 0.15) is 0 Å². The van der Waals surface area contributed by atoms with E-state index in [2.05, 4.69) is 22.1 Å².